The van der Waals surface area contributed by atoms with E-state index in [1.54, 1.807) is 0 Å². The molecular weight excluding hydrogens is 192 g/mol. The number of rotatable bonds is 5. The lowest BCUT2D eigenvalue weighted by molar-refractivity contribution is -0.155. The van der Waals surface area contributed by atoms with Crippen molar-refractivity contribution < 1.29 is 14.6 Å². The second kappa shape index (κ2) is 5.19. The molecule has 1 atom stereocenters. The highest BCUT2D eigenvalue weighted by Gasteiger charge is 2.32. The van der Waals surface area contributed by atoms with Gasteiger partial charge in [-0.3, -0.25) is 0 Å². The molecule has 3 heteroatoms. The van der Waals surface area contributed by atoms with Crippen molar-refractivity contribution in [3.63, 3.8) is 0 Å². The molecule has 1 aliphatic rings. The third-order valence-electron chi connectivity index (χ3n) is 2.75. The highest BCUT2D eigenvalue weighted by Crippen LogP contribution is 2.29. The van der Waals surface area contributed by atoms with E-state index in [-0.39, 0.29) is 5.76 Å². The maximum absolute atomic E-state index is 11.1. The van der Waals surface area contributed by atoms with E-state index in [1.807, 2.05) is 6.92 Å². The Morgan fingerprint density at radius 2 is 2.20 bits per heavy atom. The van der Waals surface area contributed by atoms with E-state index < -0.39 is 11.6 Å². The zero-order valence-electron chi connectivity index (χ0n) is 9.58. The summed E-state index contributed by atoms with van der Waals surface area (Å²) in [6.07, 6.45) is 7.06. The molecule has 15 heavy (non-hydrogen) atoms. The maximum Gasteiger partial charge on any atom is 0.334 e. The molecule has 1 unspecified atom stereocenters. The van der Waals surface area contributed by atoms with E-state index in [2.05, 4.69) is 6.92 Å². The summed E-state index contributed by atoms with van der Waals surface area (Å²) in [6.45, 7) is 4.05. The summed E-state index contributed by atoms with van der Waals surface area (Å²) in [5.41, 5.74) is -0.496. The van der Waals surface area contributed by atoms with Gasteiger partial charge in [-0.2, -0.15) is 0 Å². The Kier molecular flexibility index (Phi) is 4.18. The minimum Gasteiger partial charge on any atom is -0.512 e. The molecule has 1 aliphatic heterocycles. The fourth-order valence-corrected chi connectivity index (χ4v) is 1.94. The van der Waals surface area contributed by atoms with Crippen LogP contribution in [0.15, 0.2) is 11.8 Å². The van der Waals surface area contributed by atoms with Gasteiger partial charge in [0, 0.05) is 6.42 Å². The van der Waals surface area contributed by atoms with Gasteiger partial charge in [0.25, 0.3) is 0 Å². The van der Waals surface area contributed by atoms with E-state index in [0.717, 1.165) is 25.3 Å². The highest BCUT2D eigenvalue weighted by atomic mass is 16.6. The summed E-state index contributed by atoms with van der Waals surface area (Å²) >= 11 is 0. The van der Waals surface area contributed by atoms with Gasteiger partial charge in [-0.25, -0.2) is 4.79 Å². The molecule has 0 spiro atoms. The molecule has 86 valence electrons. The topological polar surface area (TPSA) is 46.5 Å². The van der Waals surface area contributed by atoms with Gasteiger partial charge < -0.3 is 9.84 Å². The van der Waals surface area contributed by atoms with Gasteiger partial charge in [-0.1, -0.05) is 26.2 Å². The second-order valence-electron chi connectivity index (χ2n) is 4.49. The number of hydrogen-bond acceptors (Lipinski definition) is 3. The number of cyclic esters (lactones) is 1. The normalized spacial score (nSPS) is 26.0. The summed E-state index contributed by atoms with van der Waals surface area (Å²) in [6, 6.07) is 0. The zero-order valence-corrected chi connectivity index (χ0v) is 9.58. The Morgan fingerprint density at radius 3 is 2.80 bits per heavy atom. The Labute approximate surface area is 91.1 Å². The highest BCUT2D eigenvalue weighted by molar-refractivity contribution is 5.83. The molecule has 0 saturated heterocycles. The molecule has 0 amide bonds. The molecule has 0 aliphatic carbocycles. The number of hydrogen-bond donors (Lipinski definition) is 1. The number of esters is 1. The number of carbonyl (C=O) groups excluding carboxylic acids is 1. The number of carbonyl (C=O) groups is 1. The van der Waals surface area contributed by atoms with E-state index in [1.165, 1.54) is 12.8 Å². The van der Waals surface area contributed by atoms with Crippen molar-refractivity contribution in [3.8, 4) is 0 Å². The molecule has 1 rings (SSSR count). The molecule has 3 nitrogen and oxygen atoms in total. The monoisotopic (exact) mass is 212 g/mol. The van der Waals surface area contributed by atoms with Crippen LogP contribution in [0.1, 0.15) is 52.4 Å². The van der Waals surface area contributed by atoms with Crippen molar-refractivity contribution >= 4 is 5.97 Å². The number of ether oxygens (including phenoxy) is 1. The lowest BCUT2D eigenvalue weighted by Gasteiger charge is -2.31. The van der Waals surface area contributed by atoms with Crippen LogP contribution in [0.2, 0.25) is 0 Å². The zero-order chi connectivity index (χ0) is 11.3. The molecule has 0 bridgehead atoms. The summed E-state index contributed by atoms with van der Waals surface area (Å²) in [5, 5.41) is 9.38. The first-order chi connectivity index (χ1) is 7.06. The van der Waals surface area contributed by atoms with Gasteiger partial charge in [0.1, 0.15) is 11.4 Å². The van der Waals surface area contributed by atoms with E-state index in [9.17, 15) is 9.90 Å². The van der Waals surface area contributed by atoms with Crippen molar-refractivity contribution in [1.82, 2.24) is 0 Å². The fourth-order valence-electron chi connectivity index (χ4n) is 1.94. The van der Waals surface area contributed by atoms with Crippen LogP contribution in [0.3, 0.4) is 0 Å². The van der Waals surface area contributed by atoms with Crippen molar-refractivity contribution in [2.75, 3.05) is 0 Å². The first-order valence-corrected chi connectivity index (χ1v) is 5.68. The fraction of sp³-hybridized carbons (Fsp3) is 0.750. The molecule has 0 fully saturated rings. The first-order valence-electron chi connectivity index (χ1n) is 5.68. The van der Waals surface area contributed by atoms with Crippen LogP contribution in [0, 0.1) is 0 Å². The van der Waals surface area contributed by atoms with Crippen LogP contribution in [-0.4, -0.2) is 16.7 Å². The molecule has 0 aromatic carbocycles. The SMILES string of the molecule is CCCCCCC1(C)CC(O)=CC(=O)O1. The predicted octanol–water partition coefficient (Wildman–Crippen LogP) is 3.10. The summed E-state index contributed by atoms with van der Waals surface area (Å²) < 4.78 is 5.25. The van der Waals surface area contributed by atoms with Crippen molar-refractivity contribution in [2.24, 2.45) is 0 Å². The Hall–Kier alpha value is -0.990. The maximum atomic E-state index is 11.1. The standard InChI is InChI=1S/C12H20O3/c1-3-4-5-6-7-12(2)9-10(13)8-11(14)15-12/h8,13H,3-7,9H2,1-2H3. The average Bonchev–Trinajstić information content (AvgIpc) is 2.10. The number of unbranched alkanes of at least 4 members (excludes halogenated alkanes) is 3. The first kappa shape index (κ1) is 12.1. The van der Waals surface area contributed by atoms with Crippen LogP contribution in [0.5, 0.6) is 0 Å². The van der Waals surface area contributed by atoms with E-state index >= 15 is 0 Å². The molecular formula is C12H20O3. The van der Waals surface area contributed by atoms with E-state index in [0.29, 0.717) is 6.42 Å². The van der Waals surface area contributed by atoms with Crippen LogP contribution in [-0.2, 0) is 9.53 Å². The lowest BCUT2D eigenvalue weighted by Crippen LogP contribution is -2.35. The van der Waals surface area contributed by atoms with Crippen molar-refractivity contribution in [1.29, 1.82) is 0 Å². The molecule has 0 radical (unpaired) electrons. The summed E-state index contributed by atoms with van der Waals surface area (Å²) in [4.78, 5) is 11.1. The van der Waals surface area contributed by atoms with Gasteiger partial charge in [0.2, 0.25) is 0 Å². The molecule has 1 heterocycles. The minimum absolute atomic E-state index is 0.143. The molecule has 1 N–H and O–H groups in total. The average molecular weight is 212 g/mol. The lowest BCUT2D eigenvalue weighted by atomic mass is 9.91. The third-order valence-corrected chi connectivity index (χ3v) is 2.75. The molecule has 0 aromatic rings. The van der Waals surface area contributed by atoms with Gasteiger partial charge in [-0.05, 0) is 19.8 Å². The molecule has 0 aromatic heterocycles. The predicted molar refractivity (Wildman–Crippen MR) is 58.6 cm³/mol. The minimum atomic E-state index is -0.496. The third kappa shape index (κ3) is 3.94. The van der Waals surface area contributed by atoms with Crippen molar-refractivity contribution in [3.05, 3.63) is 11.8 Å². The quantitative estimate of drug-likeness (QED) is 0.562. The van der Waals surface area contributed by atoms with E-state index in [4.69, 9.17) is 4.74 Å². The molecule has 0 saturated carbocycles. The largest absolute Gasteiger partial charge is 0.512 e. The van der Waals surface area contributed by atoms with Crippen LogP contribution in [0.25, 0.3) is 0 Å². The van der Waals surface area contributed by atoms with Crippen LogP contribution >= 0.6 is 0 Å². The van der Waals surface area contributed by atoms with Gasteiger partial charge in [0.15, 0.2) is 0 Å². The Morgan fingerprint density at radius 1 is 1.47 bits per heavy atom. The Balaban J connectivity index is 2.39. The Bertz CT molecular complexity index is 258. The van der Waals surface area contributed by atoms with Gasteiger partial charge >= 0.3 is 5.97 Å². The second-order valence-corrected chi connectivity index (χ2v) is 4.49. The van der Waals surface area contributed by atoms with Gasteiger partial charge in [0.05, 0.1) is 6.08 Å². The van der Waals surface area contributed by atoms with Crippen LogP contribution in [0.4, 0.5) is 0 Å². The number of aliphatic hydroxyl groups excluding tert-OH is 1. The van der Waals surface area contributed by atoms with Gasteiger partial charge in [-0.15, -0.1) is 0 Å². The smallest absolute Gasteiger partial charge is 0.334 e. The number of aliphatic hydroxyl groups is 1. The van der Waals surface area contributed by atoms with Crippen molar-refractivity contribution in [2.45, 2.75) is 58.0 Å². The summed E-state index contributed by atoms with van der Waals surface area (Å²) in [5.74, 6) is -0.277. The van der Waals surface area contributed by atoms with Crippen LogP contribution < -0.4 is 0 Å². The summed E-state index contributed by atoms with van der Waals surface area (Å²) in [7, 11) is 0.